The van der Waals surface area contributed by atoms with E-state index in [2.05, 4.69) is 22.7 Å². The number of carbonyl (C=O) groups excluding carboxylic acids is 1. The molecule has 0 saturated heterocycles. The fourth-order valence-corrected chi connectivity index (χ4v) is 1.67. The van der Waals surface area contributed by atoms with Gasteiger partial charge in [0.15, 0.2) is 0 Å². The monoisotopic (exact) mass is 253 g/mol. The molecular weight excluding hydrogens is 230 g/mol. The first-order valence-electron chi connectivity index (χ1n) is 6.21. The molecule has 0 bridgehead atoms. The largest absolute Gasteiger partial charge is 0.337 e. The molecule has 1 aromatic rings. The molecule has 0 radical (unpaired) electrons. The highest BCUT2D eigenvalue weighted by molar-refractivity contribution is 5.73. The molecule has 0 atom stereocenters. The van der Waals surface area contributed by atoms with Crippen LogP contribution in [-0.2, 0) is 20.0 Å². The summed E-state index contributed by atoms with van der Waals surface area (Å²) < 4.78 is 1.84. The molecule has 0 aromatic carbocycles. The van der Waals surface area contributed by atoms with Crippen molar-refractivity contribution in [1.29, 1.82) is 0 Å². The fraction of sp³-hybridized carbons (Fsp3) is 0.667. The van der Waals surface area contributed by atoms with E-state index in [1.54, 1.807) is 14.1 Å². The summed E-state index contributed by atoms with van der Waals surface area (Å²) in [5, 5.41) is 10.5. The van der Waals surface area contributed by atoms with Crippen LogP contribution in [0.15, 0.2) is 6.20 Å². The lowest BCUT2D eigenvalue weighted by atomic mass is 10.2. The predicted octanol–water partition coefficient (Wildman–Crippen LogP) is 0.343. The van der Waals surface area contributed by atoms with Crippen molar-refractivity contribution in [2.24, 2.45) is 7.05 Å². The zero-order valence-electron chi connectivity index (χ0n) is 11.7. The van der Waals surface area contributed by atoms with Crippen LogP contribution >= 0.6 is 0 Å². The van der Waals surface area contributed by atoms with Gasteiger partial charge in [0.05, 0.1) is 5.69 Å². The number of rotatable bonds is 6. The van der Waals surface area contributed by atoms with Crippen LogP contribution in [-0.4, -0.2) is 47.9 Å². The lowest BCUT2D eigenvalue weighted by Crippen LogP contribution is -2.38. The van der Waals surface area contributed by atoms with Crippen LogP contribution in [0.2, 0.25) is 0 Å². The Balaban J connectivity index is 2.23. The summed E-state index contributed by atoms with van der Waals surface area (Å²) in [7, 11) is 5.39. The molecule has 0 aliphatic heterocycles. The van der Waals surface area contributed by atoms with Gasteiger partial charge in [-0.2, -0.15) is 5.10 Å². The third kappa shape index (κ3) is 4.37. The van der Waals surface area contributed by atoms with E-state index in [4.69, 9.17) is 0 Å². The van der Waals surface area contributed by atoms with E-state index in [9.17, 15) is 4.79 Å². The van der Waals surface area contributed by atoms with Crippen LogP contribution in [0.5, 0.6) is 0 Å². The lowest BCUT2D eigenvalue weighted by molar-refractivity contribution is 0.217. The predicted molar refractivity (Wildman–Crippen MR) is 71.4 cm³/mol. The second-order valence-electron chi connectivity index (χ2n) is 4.43. The molecule has 0 spiro atoms. The highest BCUT2D eigenvalue weighted by Gasteiger charge is 2.05. The van der Waals surface area contributed by atoms with Gasteiger partial charge in [0.2, 0.25) is 0 Å². The van der Waals surface area contributed by atoms with Crippen LogP contribution in [0.3, 0.4) is 0 Å². The van der Waals surface area contributed by atoms with Crippen molar-refractivity contribution >= 4 is 6.03 Å². The second kappa shape index (κ2) is 7.00. The van der Waals surface area contributed by atoms with E-state index in [0.717, 1.165) is 25.2 Å². The molecule has 0 saturated carbocycles. The van der Waals surface area contributed by atoms with Crippen LogP contribution in [0.25, 0.3) is 0 Å². The van der Waals surface area contributed by atoms with Gasteiger partial charge in [-0.25, -0.2) is 4.79 Å². The van der Waals surface area contributed by atoms with Gasteiger partial charge in [-0.1, -0.05) is 6.92 Å². The van der Waals surface area contributed by atoms with E-state index < -0.39 is 0 Å². The molecule has 1 rings (SSSR count). The molecule has 0 aliphatic rings. The maximum Gasteiger partial charge on any atom is 0.316 e. The molecule has 0 fully saturated rings. The number of aryl methyl sites for hydroxylation is 2. The number of hydrogen-bond acceptors (Lipinski definition) is 3. The first-order valence-corrected chi connectivity index (χ1v) is 6.21. The van der Waals surface area contributed by atoms with Crippen molar-refractivity contribution in [3.8, 4) is 0 Å². The van der Waals surface area contributed by atoms with E-state index in [1.807, 2.05) is 17.9 Å². The van der Waals surface area contributed by atoms with Crippen molar-refractivity contribution in [3.05, 3.63) is 17.5 Å². The molecule has 2 N–H and O–H groups in total. The van der Waals surface area contributed by atoms with Crippen molar-refractivity contribution in [3.63, 3.8) is 0 Å². The molecule has 18 heavy (non-hydrogen) atoms. The molecule has 6 heteroatoms. The summed E-state index contributed by atoms with van der Waals surface area (Å²) in [4.78, 5) is 12.8. The minimum absolute atomic E-state index is 0.0626. The zero-order chi connectivity index (χ0) is 13.5. The van der Waals surface area contributed by atoms with Crippen LogP contribution < -0.4 is 10.6 Å². The number of carbonyl (C=O) groups is 1. The van der Waals surface area contributed by atoms with Gasteiger partial charge >= 0.3 is 6.03 Å². The lowest BCUT2D eigenvalue weighted by Gasteiger charge is -2.12. The third-order valence-electron chi connectivity index (χ3n) is 2.63. The normalized spacial score (nSPS) is 10.4. The summed E-state index contributed by atoms with van der Waals surface area (Å²) in [6.07, 6.45) is 2.97. The summed E-state index contributed by atoms with van der Waals surface area (Å²) in [6.45, 7) is 4.26. The van der Waals surface area contributed by atoms with Gasteiger partial charge in [0.1, 0.15) is 0 Å². The van der Waals surface area contributed by atoms with Crippen molar-refractivity contribution in [2.45, 2.75) is 19.9 Å². The first kappa shape index (κ1) is 14.5. The number of nitrogens with zero attached hydrogens (tertiary/aromatic N) is 3. The first-order chi connectivity index (χ1) is 8.54. The average Bonchev–Trinajstić information content (AvgIpc) is 2.68. The second-order valence-corrected chi connectivity index (χ2v) is 4.43. The Kier molecular flexibility index (Phi) is 5.64. The number of nitrogens with one attached hydrogen (secondary N) is 2. The zero-order valence-corrected chi connectivity index (χ0v) is 11.7. The van der Waals surface area contributed by atoms with Gasteiger partial charge in [-0.3, -0.25) is 4.68 Å². The standard InChI is InChI=1S/C12H23N5O/c1-5-11-10(9-17(4)15-11)8-13-6-7-14-12(18)16(2)3/h9,13H,5-8H2,1-4H3,(H,14,18). The van der Waals surface area contributed by atoms with Crippen molar-refractivity contribution in [1.82, 2.24) is 25.3 Å². The Morgan fingerprint density at radius 2 is 2.17 bits per heavy atom. The summed E-state index contributed by atoms with van der Waals surface area (Å²) in [5.41, 5.74) is 2.35. The maximum atomic E-state index is 11.3. The molecule has 1 heterocycles. The fourth-order valence-electron chi connectivity index (χ4n) is 1.67. The van der Waals surface area contributed by atoms with E-state index in [1.165, 1.54) is 10.5 Å². The van der Waals surface area contributed by atoms with Gasteiger partial charge in [0.25, 0.3) is 0 Å². The molecule has 1 aromatic heterocycles. The van der Waals surface area contributed by atoms with Crippen molar-refractivity contribution in [2.75, 3.05) is 27.2 Å². The minimum atomic E-state index is -0.0626. The smallest absolute Gasteiger partial charge is 0.316 e. The molecule has 102 valence electrons. The Morgan fingerprint density at radius 1 is 1.44 bits per heavy atom. The van der Waals surface area contributed by atoms with Gasteiger partial charge in [-0.15, -0.1) is 0 Å². The number of aromatic nitrogens is 2. The molecule has 2 amide bonds. The van der Waals surface area contributed by atoms with Gasteiger partial charge < -0.3 is 15.5 Å². The summed E-state index contributed by atoms with van der Waals surface area (Å²) >= 11 is 0. The Labute approximate surface area is 108 Å². The Bertz CT molecular complexity index is 386. The SMILES string of the molecule is CCc1nn(C)cc1CNCCNC(=O)N(C)C. The molecule has 0 aliphatic carbocycles. The van der Waals surface area contributed by atoms with E-state index in [-0.39, 0.29) is 6.03 Å². The molecule has 0 unspecified atom stereocenters. The molecule has 6 nitrogen and oxygen atoms in total. The Hall–Kier alpha value is -1.56. The number of urea groups is 1. The summed E-state index contributed by atoms with van der Waals surface area (Å²) in [5.74, 6) is 0. The average molecular weight is 253 g/mol. The summed E-state index contributed by atoms with van der Waals surface area (Å²) in [6, 6.07) is -0.0626. The van der Waals surface area contributed by atoms with Crippen LogP contribution in [0.1, 0.15) is 18.2 Å². The van der Waals surface area contributed by atoms with Crippen LogP contribution in [0.4, 0.5) is 4.79 Å². The van der Waals surface area contributed by atoms with Crippen molar-refractivity contribution < 1.29 is 4.79 Å². The Morgan fingerprint density at radius 3 is 2.78 bits per heavy atom. The topological polar surface area (TPSA) is 62.2 Å². The third-order valence-corrected chi connectivity index (χ3v) is 2.63. The maximum absolute atomic E-state index is 11.3. The number of amides is 2. The molecular formula is C12H23N5O. The van der Waals surface area contributed by atoms with Gasteiger partial charge in [-0.05, 0) is 6.42 Å². The number of hydrogen-bond donors (Lipinski definition) is 2. The highest BCUT2D eigenvalue weighted by atomic mass is 16.2. The highest BCUT2D eigenvalue weighted by Crippen LogP contribution is 2.06. The quantitative estimate of drug-likeness (QED) is 0.719. The van der Waals surface area contributed by atoms with Crippen LogP contribution in [0, 0.1) is 0 Å². The van der Waals surface area contributed by atoms with E-state index in [0.29, 0.717) is 6.54 Å². The van der Waals surface area contributed by atoms with Gasteiger partial charge in [0, 0.05) is 52.5 Å². The minimum Gasteiger partial charge on any atom is -0.337 e. The van der Waals surface area contributed by atoms with E-state index >= 15 is 0 Å².